The zero-order valence-corrected chi connectivity index (χ0v) is 19.4. The summed E-state index contributed by atoms with van der Waals surface area (Å²) in [6, 6.07) is 15.2. The van der Waals surface area contributed by atoms with Crippen molar-refractivity contribution in [3.63, 3.8) is 0 Å². The molecular formula is C26H30N2O6. The minimum Gasteiger partial charge on any atom is -0.479 e. The number of piperidine rings is 1. The quantitative estimate of drug-likeness (QED) is 0.603. The lowest BCUT2D eigenvalue weighted by molar-refractivity contribution is -0.167. The molecule has 180 valence electrons. The molecule has 0 bridgehead atoms. The summed E-state index contributed by atoms with van der Waals surface area (Å²) in [6.45, 7) is 3.72. The number of nitrogens with one attached hydrogen (secondary N) is 1. The van der Waals surface area contributed by atoms with E-state index in [1.54, 1.807) is 13.8 Å². The number of carboxylic acids is 1. The van der Waals surface area contributed by atoms with Crippen molar-refractivity contribution in [2.75, 3.05) is 19.7 Å². The number of hydrogen-bond acceptors (Lipinski definition) is 5. The highest BCUT2D eigenvalue weighted by Crippen LogP contribution is 2.44. The van der Waals surface area contributed by atoms with E-state index in [-0.39, 0.29) is 31.4 Å². The maximum absolute atomic E-state index is 13.1. The summed E-state index contributed by atoms with van der Waals surface area (Å²) in [6.07, 6.45) is -0.262. The molecule has 3 N–H and O–H groups in total. The number of hydrogen-bond donors (Lipinski definition) is 3. The van der Waals surface area contributed by atoms with Crippen molar-refractivity contribution in [1.29, 1.82) is 0 Å². The molecule has 2 aliphatic rings. The monoisotopic (exact) mass is 466 g/mol. The Bertz CT molecular complexity index is 1050. The van der Waals surface area contributed by atoms with Crippen LogP contribution in [0.5, 0.6) is 0 Å². The van der Waals surface area contributed by atoms with Crippen LogP contribution in [-0.4, -0.2) is 64.4 Å². The van der Waals surface area contributed by atoms with Crippen molar-refractivity contribution in [3.8, 4) is 11.1 Å². The summed E-state index contributed by atoms with van der Waals surface area (Å²) in [5.74, 6) is -2.13. The molecule has 0 radical (unpaired) electrons. The number of benzene rings is 2. The molecule has 2 atom stereocenters. The maximum Gasteiger partial charge on any atom is 0.407 e. The maximum atomic E-state index is 13.1. The fourth-order valence-corrected chi connectivity index (χ4v) is 4.88. The van der Waals surface area contributed by atoms with Gasteiger partial charge in [-0.05, 0) is 41.0 Å². The van der Waals surface area contributed by atoms with Crippen molar-refractivity contribution < 1.29 is 29.3 Å². The van der Waals surface area contributed by atoms with Gasteiger partial charge in [0.15, 0.2) is 5.60 Å². The first kappa shape index (κ1) is 23.8. The number of ether oxygens (including phenoxy) is 1. The van der Waals surface area contributed by atoms with Gasteiger partial charge in [0, 0.05) is 12.5 Å². The number of aliphatic carboxylic acids is 1. The van der Waals surface area contributed by atoms with Crippen LogP contribution in [-0.2, 0) is 14.3 Å². The van der Waals surface area contributed by atoms with E-state index in [1.807, 2.05) is 36.4 Å². The van der Waals surface area contributed by atoms with Crippen LogP contribution in [0.2, 0.25) is 0 Å². The SMILES string of the molecule is CC(C)C(NC(=O)OCC1c2ccccc2-c2ccccc21)C(=O)N1CCCC(O)(C(=O)O)C1. The fraction of sp³-hybridized carbons (Fsp3) is 0.423. The molecule has 2 amide bonds. The number of carbonyl (C=O) groups is 3. The highest BCUT2D eigenvalue weighted by atomic mass is 16.5. The molecule has 1 saturated heterocycles. The van der Waals surface area contributed by atoms with Crippen LogP contribution >= 0.6 is 0 Å². The van der Waals surface area contributed by atoms with Crippen molar-refractivity contribution >= 4 is 18.0 Å². The Morgan fingerprint density at radius 3 is 2.24 bits per heavy atom. The Morgan fingerprint density at radius 1 is 1.09 bits per heavy atom. The van der Waals surface area contributed by atoms with Gasteiger partial charge in [0.1, 0.15) is 12.6 Å². The predicted molar refractivity (Wildman–Crippen MR) is 125 cm³/mol. The van der Waals surface area contributed by atoms with Crippen molar-refractivity contribution in [3.05, 3.63) is 59.7 Å². The van der Waals surface area contributed by atoms with E-state index >= 15 is 0 Å². The number of carboxylic acid groups (broad SMARTS) is 1. The molecule has 8 heteroatoms. The molecule has 0 aromatic heterocycles. The largest absolute Gasteiger partial charge is 0.479 e. The Morgan fingerprint density at radius 2 is 1.68 bits per heavy atom. The van der Waals surface area contributed by atoms with Crippen molar-refractivity contribution in [2.24, 2.45) is 5.92 Å². The van der Waals surface area contributed by atoms with Crippen molar-refractivity contribution in [2.45, 2.75) is 44.2 Å². The lowest BCUT2D eigenvalue weighted by atomic mass is 9.91. The van der Waals surface area contributed by atoms with Crippen LogP contribution in [0.4, 0.5) is 4.79 Å². The van der Waals surface area contributed by atoms with Gasteiger partial charge in [0.2, 0.25) is 5.91 Å². The second kappa shape index (κ2) is 9.46. The van der Waals surface area contributed by atoms with Gasteiger partial charge in [-0.15, -0.1) is 0 Å². The molecule has 34 heavy (non-hydrogen) atoms. The van der Waals surface area contributed by atoms with E-state index in [1.165, 1.54) is 4.90 Å². The molecule has 1 aliphatic carbocycles. The van der Waals surface area contributed by atoms with Crippen LogP contribution in [0, 0.1) is 5.92 Å². The number of rotatable bonds is 6. The van der Waals surface area contributed by atoms with Crippen LogP contribution in [0.15, 0.2) is 48.5 Å². The lowest BCUT2D eigenvalue weighted by Gasteiger charge is -2.38. The van der Waals surface area contributed by atoms with E-state index in [0.717, 1.165) is 22.3 Å². The van der Waals surface area contributed by atoms with Gasteiger partial charge >= 0.3 is 12.1 Å². The minimum atomic E-state index is -1.97. The Balaban J connectivity index is 1.42. The number of likely N-dealkylation sites (tertiary alicyclic amines) is 1. The molecule has 1 fully saturated rings. The van der Waals surface area contributed by atoms with Crippen LogP contribution in [0.3, 0.4) is 0 Å². The number of amides is 2. The summed E-state index contributed by atoms with van der Waals surface area (Å²) >= 11 is 0. The average molecular weight is 467 g/mol. The molecule has 2 unspecified atom stereocenters. The number of β-amino-alcohol motifs (C(OH)–C–C–N with tert-alkyl or cyclic N) is 1. The van der Waals surface area contributed by atoms with E-state index in [0.29, 0.717) is 13.0 Å². The second-order valence-corrected chi connectivity index (χ2v) is 9.39. The third kappa shape index (κ3) is 4.50. The van der Waals surface area contributed by atoms with Gasteiger partial charge in [-0.2, -0.15) is 0 Å². The molecule has 1 heterocycles. The van der Waals surface area contributed by atoms with Gasteiger partial charge < -0.3 is 25.2 Å². The zero-order valence-electron chi connectivity index (χ0n) is 19.4. The minimum absolute atomic E-state index is 0.0816. The van der Waals surface area contributed by atoms with Crippen LogP contribution in [0.25, 0.3) is 11.1 Å². The molecule has 0 spiro atoms. The molecule has 8 nitrogen and oxygen atoms in total. The number of aliphatic hydroxyl groups is 1. The van der Waals surface area contributed by atoms with Gasteiger partial charge in [-0.3, -0.25) is 4.79 Å². The molecule has 4 rings (SSSR count). The highest BCUT2D eigenvalue weighted by Gasteiger charge is 2.43. The summed E-state index contributed by atoms with van der Waals surface area (Å²) < 4.78 is 5.57. The molecule has 1 aliphatic heterocycles. The molecule has 2 aromatic rings. The predicted octanol–water partition coefficient (Wildman–Crippen LogP) is 2.99. The number of alkyl carbamates (subject to hydrolysis) is 1. The first-order valence-electron chi connectivity index (χ1n) is 11.6. The van der Waals surface area contributed by atoms with Crippen LogP contribution in [0.1, 0.15) is 43.7 Å². The molecular weight excluding hydrogens is 436 g/mol. The Labute approximate surface area is 198 Å². The normalized spacial score (nSPS) is 20.4. The van der Waals surface area contributed by atoms with Gasteiger partial charge in [0.25, 0.3) is 0 Å². The lowest BCUT2D eigenvalue weighted by Crippen LogP contribution is -2.59. The zero-order chi connectivity index (χ0) is 24.5. The number of carbonyl (C=O) groups excluding carboxylic acids is 2. The van der Waals surface area contributed by atoms with Crippen molar-refractivity contribution in [1.82, 2.24) is 10.2 Å². The molecule has 2 aromatic carbocycles. The highest BCUT2D eigenvalue weighted by molar-refractivity contribution is 5.87. The topological polar surface area (TPSA) is 116 Å². The third-order valence-electron chi connectivity index (χ3n) is 6.73. The third-order valence-corrected chi connectivity index (χ3v) is 6.73. The fourth-order valence-electron chi connectivity index (χ4n) is 4.88. The second-order valence-electron chi connectivity index (χ2n) is 9.39. The van der Waals surface area contributed by atoms with E-state index < -0.39 is 29.6 Å². The number of nitrogens with zero attached hydrogens (tertiary/aromatic N) is 1. The van der Waals surface area contributed by atoms with Gasteiger partial charge in [0.05, 0.1) is 6.54 Å². The molecule has 0 saturated carbocycles. The first-order valence-corrected chi connectivity index (χ1v) is 11.6. The van der Waals surface area contributed by atoms with Gasteiger partial charge in [-0.25, -0.2) is 9.59 Å². The van der Waals surface area contributed by atoms with Crippen LogP contribution < -0.4 is 5.32 Å². The summed E-state index contributed by atoms with van der Waals surface area (Å²) in [5.41, 5.74) is 2.46. The number of fused-ring (bicyclic) bond motifs is 3. The Kier molecular flexibility index (Phi) is 6.61. The standard InChI is InChI=1S/C26H30N2O6/c1-16(2)22(23(29)28-13-7-12-26(33,15-28)24(30)31)27-25(32)34-14-21-19-10-5-3-8-17(19)18-9-4-6-11-20(18)21/h3-6,8-11,16,21-22,33H,7,12-15H2,1-2H3,(H,27,32)(H,30,31). The smallest absolute Gasteiger partial charge is 0.407 e. The Hall–Kier alpha value is -3.39. The van der Waals surface area contributed by atoms with E-state index in [4.69, 9.17) is 4.74 Å². The first-order chi connectivity index (χ1) is 16.2. The van der Waals surface area contributed by atoms with E-state index in [9.17, 15) is 24.6 Å². The summed E-state index contributed by atoms with van der Waals surface area (Å²) in [4.78, 5) is 38.6. The van der Waals surface area contributed by atoms with Gasteiger partial charge in [-0.1, -0.05) is 62.4 Å². The summed E-state index contributed by atoms with van der Waals surface area (Å²) in [7, 11) is 0. The van der Waals surface area contributed by atoms with E-state index in [2.05, 4.69) is 17.4 Å². The average Bonchev–Trinajstić information content (AvgIpc) is 3.14. The summed E-state index contributed by atoms with van der Waals surface area (Å²) in [5, 5.41) is 22.3.